The number of alkyl halides is 3. The van der Waals surface area contributed by atoms with E-state index < -0.39 is 18.9 Å². The fraction of sp³-hybridized carbons (Fsp3) is 0.455. The van der Waals surface area contributed by atoms with Crippen LogP contribution in [0.3, 0.4) is 0 Å². The molecular formula is C11H11F3O2. The summed E-state index contributed by atoms with van der Waals surface area (Å²) in [7, 11) is 0. The normalized spacial score (nSPS) is 19.6. The quantitative estimate of drug-likeness (QED) is 0.849. The molecule has 0 aromatic heterocycles. The molecule has 88 valence electrons. The van der Waals surface area contributed by atoms with Gasteiger partial charge >= 0.3 is 6.18 Å². The Bertz CT molecular complexity index is 387. The van der Waals surface area contributed by atoms with Crippen molar-refractivity contribution in [1.82, 2.24) is 0 Å². The summed E-state index contributed by atoms with van der Waals surface area (Å²) >= 11 is 0. The molecule has 1 atom stereocenters. The van der Waals surface area contributed by atoms with E-state index in [2.05, 4.69) is 4.74 Å². The zero-order valence-corrected chi connectivity index (χ0v) is 8.42. The van der Waals surface area contributed by atoms with Crippen molar-refractivity contribution in [2.24, 2.45) is 0 Å². The average molecular weight is 232 g/mol. The Morgan fingerprint density at radius 3 is 2.81 bits per heavy atom. The summed E-state index contributed by atoms with van der Waals surface area (Å²) in [5.41, 5.74) is 1.66. The monoisotopic (exact) mass is 232 g/mol. The smallest absolute Gasteiger partial charge is 0.422 e. The first-order valence-corrected chi connectivity index (χ1v) is 4.96. The van der Waals surface area contributed by atoms with E-state index >= 15 is 0 Å². The third kappa shape index (κ3) is 2.47. The Balaban J connectivity index is 2.08. The molecule has 0 bridgehead atoms. The summed E-state index contributed by atoms with van der Waals surface area (Å²) in [6.45, 7) is -1.28. The highest BCUT2D eigenvalue weighted by atomic mass is 19.4. The van der Waals surface area contributed by atoms with E-state index in [-0.39, 0.29) is 5.75 Å². The average Bonchev–Trinajstić information content (AvgIpc) is 2.56. The van der Waals surface area contributed by atoms with Gasteiger partial charge in [0, 0.05) is 0 Å². The van der Waals surface area contributed by atoms with Gasteiger partial charge < -0.3 is 9.84 Å². The van der Waals surface area contributed by atoms with Crippen LogP contribution in [0.5, 0.6) is 5.75 Å². The van der Waals surface area contributed by atoms with Crippen molar-refractivity contribution in [3.05, 3.63) is 29.3 Å². The topological polar surface area (TPSA) is 29.5 Å². The summed E-state index contributed by atoms with van der Waals surface area (Å²) in [6.07, 6.45) is -3.51. The van der Waals surface area contributed by atoms with E-state index in [9.17, 15) is 18.3 Å². The maximum atomic E-state index is 11.9. The number of benzene rings is 1. The van der Waals surface area contributed by atoms with Gasteiger partial charge in [-0.1, -0.05) is 6.07 Å². The van der Waals surface area contributed by atoms with Crippen LogP contribution in [0.25, 0.3) is 0 Å². The van der Waals surface area contributed by atoms with E-state index in [0.29, 0.717) is 12.8 Å². The second kappa shape index (κ2) is 3.97. The maximum Gasteiger partial charge on any atom is 0.422 e. The van der Waals surface area contributed by atoms with Crippen molar-refractivity contribution in [2.45, 2.75) is 25.1 Å². The van der Waals surface area contributed by atoms with Crippen LogP contribution in [0, 0.1) is 0 Å². The van der Waals surface area contributed by atoms with Gasteiger partial charge in [-0.25, -0.2) is 0 Å². The molecule has 0 saturated carbocycles. The van der Waals surface area contributed by atoms with Crippen LogP contribution in [-0.4, -0.2) is 17.9 Å². The predicted octanol–water partition coefficient (Wildman–Crippen LogP) is 2.61. The van der Waals surface area contributed by atoms with Crippen LogP contribution in [0.4, 0.5) is 13.2 Å². The molecule has 0 spiro atoms. The number of aliphatic hydroxyl groups excluding tert-OH is 1. The van der Waals surface area contributed by atoms with E-state index in [4.69, 9.17) is 0 Å². The number of hydrogen-bond donors (Lipinski definition) is 1. The van der Waals surface area contributed by atoms with Gasteiger partial charge in [0.25, 0.3) is 0 Å². The molecule has 0 amide bonds. The molecule has 1 aromatic rings. The van der Waals surface area contributed by atoms with Crippen LogP contribution in [0.2, 0.25) is 0 Å². The molecule has 1 aromatic carbocycles. The van der Waals surface area contributed by atoms with Gasteiger partial charge in [-0.05, 0) is 36.1 Å². The molecule has 0 heterocycles. The Labute approximate surface area is 90.7 Å². The van der Waals surface area contributed by atoms with Gasteiger partial charge in [0.2, 0.25) is 0 Å². The van der Waals surface area contributed by atoms with Crippen molar-refractivity contribution < 1.29 is 23.0 Å². The number of fused-ring (bicyclic) bond motifs is 1. The third-order valence-corrected chi connectivity index (χ3v) is 2.56. The molecule has 2 nitrogen and oxygen atoms in total. The van der Waals surface area contributed by atoms with Crippen LogP contribution < -0.4 is 4.74 Å². The lowest BCUT2D eigenvalue weighted by atomic mass is 10.1. The Morgan fingerprint density at radius 1 is 1.38 bits per heavy atom. The van der Waals surface area contributed by atoms with Gasteiger partial charge in [0.05, 0.1) is 6.10 Å². The van der Waals surface area contributed by atoms with E-state index in [1.165, 1.54) is 6.07 Å². The largest absolute Gasteiger partial charge is 0.484 e. The number of aliphatic hydroxyl groups is 1. The first-order valence-electron chi connectivity index (χ1n) is 4.96. The van der Waals surface area contributed by atoms with Crippen molar-refractivity contribution in [3.8, 4) is 5.75 Å². The lowest BCUT2D eigenvalue weighted by molar-refractivity contribution is -0.153. The number of hydrogen-bond acceptors (Lipinski definition) is 2. The van der Waals surface area contributed by atoms with Crippen LogP contribution in [0.1, 0.15) is 23.7 Å². The van der Waals surface area contributed by atoms with Gasteiger partial charge in [0.15, 0.2) is 6.61 Å². The fourth-order valence-corrected chi connectivity index (χ4v) is 1.83. The minimum absolute atomic E-state index is 0.199. The SMILES string of the molecule is OC1CCc2cc(OCC(F)(F)F)ccc21. The second-order valence-corrected chi connectivity index (χ2v) is 3.82. The molecule has 16 heavy (non-hydrogen) atoms. The molecule has 0 aliphatic heterocycles. The van der Waals surface area contributed by atoms with E-state index in [0.717, 1.165) is 11.1 Å². The Morgan fingerprint density at radius 2 is 2.12 bits per heavy atom. The highest BCUT2D eigenvalue weighted by Gasteiger charge is 2.28. The highest BCUT2D eigenvalue weighted by molar-refractivity contribution is 5.39. The van der Waals surface area contributed by atoms with E-state index in [1.807, 2.05) is 0 Å². The number of ether oxygens (including phenoxy) is 1. The molecule has 0 radical (unpaired) electrons. The minimum atomic E-state index is -4.32. The van der Waals surface area contributed by atoms with Crippen molar-refractivity contribution >= 4 is 0 Å². The summed E-state index contributed by atoms with van der Waals surface area (Å²) in [5.74, 6) is 0.199. The standard InChI is InChI=1S/C11H11F3O2/c12-11(13,14)6-16-8-2-3-9-7(5-8)1-4-10(9)15/h2-3,5,10,15H,1,4,6H2. The number of aryl methyl sites for hydroxylation is 1. The highest BCUT2D eigenvalue weighted by Crippen LogP contribution is 2.33. The summed E-state index contributed by atoms with van der Waals surface area (Å²) in [5, 5.41) is 9.51. The minimum Gasteiger partial charge on any atom is -0.484 e. The van der Waals surface area contributed by atoms with Crippen LogP contribution in [-0.2, 0) is 6.42 Å². The maximum absolute atomic E-state index is 11.9. The van der Waals surface area contributed by atoms with Gasteiger partial charge in [-0.15, -0.1) is 0 Å². The fourth-order valence-electron chi connectivity index (χ4n) is 1.83. The molecule has 0 saturated heterocycles. The third-order valence-electron chi connectivity index (χ3n) is 2.56. The van der Waals surface area contributed by atoms with Gasteiger partial charge in [0.1, 0.15) is 5.75 Å². The lowest BCUT2D eigenvalue weighted by Crippen LogP contribution is -2.19. The lowest BCUT2D eigenvalue weighted by Gasteiger charge is -2.10. The summed E-state index contributed by atoms with van der Waals surface area (Å²) in [4.78, 5) is 0. The Kier molecular flexibility index (Phi) is 2.80. The van der Waals surface area contributed by atoms with Crippen LogP contribution >= 0.6 is 0 Å². The molecular weight excluding hydrogens is 221 g/mol. The second-order valence-electron chi connectivity index (χ2n) is 3.82. The van der Waals surface area contributed by atoms with Gasteiger partial charge in [-0.2, -0.15) is 13.2 Å². The molecule has 5 heteroatoms. The summed E-state index contributed by atoms with van der Waals surface area (Å²) in [6, 6.07) is 4.65. The molecule has 1 unspecified atom stereocenters. The number of halogens is 3. The van der Waals surface area contributed by atoms with E-state index in [1.54, 1.807) is 12.1 Å². The first kappa shape index (κ1) is 11.3. The molecule has 0 fully saturated rings. The van der Waals surface area contributed by atoms with Crippen molar-refractivity contribution in [3.63, 3.8) is 0 Å². The van der Waals surface area contributed by atoms with Crippen LogP contribution in [0.15, 0.2) is 18.2 Å². The zero-order valence-electron chi connectivity index (χ0n) is 8.42. The first-order chi connectivity index (χ1) is 7.46. The van der Waals surface area contributed by atoms with Crippen molar-refractivity contribution in [2.75, 3.05) is 6.61 Å². The van der Waals surface area contributed by atoms with Crippen molar-refractivity contribution in [1.29, 1.82) is 0 Å². The molecule has 1 aliphatic rings. The Hall–Kier alpha value is -1.23. The summed E-state index contributed by atoms with van der Waals surface area (Å²) < 4.78 is 40.4. The molecule has 1 N–H and O–H groups in total. The molecule has 1 aliphatic carbocycles. The zero-order chi connectivity index (χ0) is 11.8. The molecule has 2 rings (SSSR count). The number of rotatable bonds is 2. The predicted molar refractivity (Wildman–Crippen MR) is 51.3 cm³/mol. The van der Waals surface area contributed by atoms with Gasteiger partial charge in [-0.3, -0.25) is 0 Å².